The van der Waals surface area contributed by atoms with E-state index in [4.69, 9.17) is 103 Å². The number of fused-ring (bicyclic) bond motifs is 1. The summed E-state index contributed by atoms with van der Waals surface area (Å²) in [6, 6.07) is 45.0. The zero-order chi connectivity index (χ0) is 104. The number of rotatable bonds is 49. The number of hydrogen-bond acceptors (Lipinski definition) is 20. The molecule has 3 heterocycles. The van der Waals surface area contributed by atoms with Gasteiger partial charge in [-0.3, -0.25) is 24.1 Å². The van der Waals surface area contributed by atoms with Crippen molar-refractivity contribution in [2.75, 3.05) is 39.9 Å². The first kappa shape index (κ1) is 150. The molecular formula is C112H188BBr4ClFN13O15. The van der Waals surface area contributed by atoms with E-state index in [9.17, 15) is 14.4 Å². The van der Waals surface area contributed by atoms with E-state index < -0.39 is 22.7 Å². The molecule has 2 aromatic heterocycles. The number of esters is 2. The van der Waals surface area contributed by atoms with Gasteiger partial charge in [-0.2, -0.15) is 4.98 Å². The maximum Gasteiger partial charge on any atom is 0.485 e. The number of azide groups is 1. The second-order valence-electron chi connectivity index (χ2n) is 36.7. The summed E-state index contributed by atoms with van der Waals surface area (Å²) in [5.74, 6) is -0.914. The number of aliphatic hydroxyl groups is 2. The smallest absolute Gasteiger partial charge is 0.460 e. The summed E-state index contributed by atoms with van der Waals surface area (Å²) in [7, 11) is 0.635. The molecule has 0 amide bonds. The number of carbonyl (C=O) groups is 2. The number of nitrogens with two attached hydrogens (primary N) is 5. The van der Waals surface area contributed by atoms with E-state index in [0.29, 0.717) is 112 Å². The minimum Gasteiger partial charge on any atom is -0.460 e. The molecule has 28 nitrogen and oxygen atoms in total. The summed E-state index contributed by atoms with van der Waals surface area (Å²) in [6.07, 6.45) is 18.1. The van der Waals surface area contributed by atoms with Crippen LogP contribution in [0.25, 0.3) is 38.4 Å². The number of aromatic amines is 1. The molecule has 0 saturated carbocycles. The number of benzene rings is 6. The Labute approximate surface area is 923 Å². The third-order valence-corrected chi connectivity index (χ3v) is 24.0. The average Bonchev–Trinajstić information content (AvgIpc) is 1.65. The number of guanidine groups is 2. The number of nitrogens with one attached hydrogen (secondary N) is 1. The molecule has 1 aliphatic heterocycles. The van der Waals surface area contributed by atoms with Crippen LogP contribution in [0.15, 0.2) is 184 Å². The molecule has 1 saturated heterocycles. The van der Waals surface area contributed by atoms with Crippen LogP contribution < -0.4 is 34.4 Å². The maximum atomic E-state index is 15.1. The normalized spacial score (nSPS) is 13.1. The summed E-state index contributed by atoms with van der Waals surface area (Å²) >= 11 is 19.9. The molecule has 13 N–H and O–H groups in total. The summed E-state index contributed by atoms with van der Waals surface area (Å²) in [5.41, 5.74) is 41.9. The molecule has 147 heavy (non-hydrogen) atoms. The highest BCUT2D eigenvalue weighted by Crippen LogP contribution is 2.38. The Kier molecular flexibility index (Phi) is 83.6. The van der Waals surface area contributed by atoms with E-state index >= 15 is 4.39 Å². The molecule has 0 aliphatic carbocycles. The number of H-pyrrole nitrogens is 1. The minimum absolute atomic E-state index is 0. The van der Waals surface area contributed by atoms with Crippen LogP contribution in [-0.4, -0.2) is 161 Å². The Hall–Kier alpha value is -7.71. The maximum absolute atomic E-state index is 15.1. The van der Waals surface area contributed by atoms with Gasteiger partial charge >= 0.3 is 24.7 Å². The summed E-state index contributed by atoms with van der Waals surface area (Å²) in [5, 5.41) is 20.2. The van der Waals surface area contributed by atoms with Gasteiger partial charge in [0.15, 0.2) is 17.7 Å². The number of halogens is 6. The molecule has 0 bridgehead atoms. The SMILES string of the molecule is C.C.C.C.C.C.C.C.CCC[C@H](CC)OCc1ccc(Br)cc1.CCC[C@H](CCC(=O)OC(C)(C)C)OCB1OC(C)(C)C(C)(C)O1.CCC[C@H](CCC(=O)OC(C)(C)C)OCc1ccc(Br)cc1.CCC[C@H](CO)OCc1ccc(Br)cc1.CC[C@@H](CCN=[N+]=[N-])OCc1ccc(Br)cc1.CO.C[C@H](N)CCCc1cc(Cl)c(F)c(-c2cc3cn(-c4ccc(CO[C@H](CCN=C(N)N)CN=C(N)N)cc4)c(=O)nc3[nH]2)c1. The number of aromatic nitrogens is 3. The molecular weight excluding hydrogens is 2150 g/mol. The van der Waals surface area contributed by atoms with E-state index in [0.717, 1.165) is 136 Å². The van der Waals surface area contributed by atoms with Crippen LogP contribution in [0.1, 0.15) is 326 Å². The van der Waals surface area contributed by atoms with Crippen molar-refractivity contribution in [3.8, 4) is 16.9 Å². The van der Waals surface area contributed by atoms with Gasteiger partial charge < -0.3 is 91.1 Å². The van der Waals surface area contributed by atoms with Gasteiger partial charge in [0.05, 0.1) is 117 Å². The molecule has 0 radical (unpaired) electrons. The van der Waals surface area contributed by atoms with Crippen molar-refractivity contribution in [1.29, 1.82) is 0 Å². The Bertz CT molecular complexity index is 4850. The molecule has 836 valence electrons. The van der Waals surface area contributed by atoms with Gasteiger partial charge in [0.2, 0.25) is 0 Å². The van der Waals surface area contributed by atoms with Crippen molar-refractivity contribution in [3.63, 3.8) is 0 Å². The predicted molar refractivity (Wildman–Crippen MR) is 628 cm³/mol. The van der Waals surface area contributed by atoms with E-state index in [1.54, 1.807) is 36.5 Å². The van der Waals surface area contributed by atoms with Gasteiger partial charge in [-0.05, 0) is 277 Å². The van der Waals surface area contributed by atoms with Crippen molar-refractivity contribution >= 4 is 117 Å². The lowest BCUT2D eigenvalue weighted by Crippen LogP contribution is -2.41. The van der Waals surface area contributed by atoms with Crippen LogP contribution in [0.5, 0.6) is 0 Å². The van der Waals surface area contributed by atoms with Gasteiger partial charge in [0.25, 0.3) is 0 Å². The van der Waals surface area contributed by atoms with Crippen molar-refractivity contribution in [2.24, 2.45) is 43.8 Å². The van der Waals surface area contributed by atoms with Gasteiger partial charge in [-0.25, -0.2) is 9.18 Å². The quantitative estimate of drug-likeness (QED) is 0.00334. The van der Waals surface area contributed by atoms with Crippen molar-refractivity contribution in [2.45, 2.75) is 397 Å². The molecule has 35 heteroatoms. The van der Waals surface area contributed by atoms with Gasteiger partial charge in [0.1, 0.15) is 16.8 Å². The van der Waals surface area contributed by atoms with E-state index in [2.05, 4.69) is 160 Å². The molecule has 0 unspecified atom stereocenters. The summed E-state index contributed by atoms with van der Waals surface area (Å²) in [6.45, 7) is 38.5. The number of nitrogens with zero attached hydrogens (tertiary/aromatic N) is 7. The number of ether oxygens (including phenoxy) is 8. The predicted octanol–water partition coefficient (Wildman–Crippen LogP) is 28.7. The monoisotopic (exact) mass is 2340 g/mol. The second kappa shape index (κ2) is 82.0. The summed E-state index contributed by atoms with van der Waals surface area (Å²) < 4.78 is 78.5. The number of hydrogen-bond donors (Lipinski definition) is 8. The zero-order valence-corrected chi connectivity index (χ0v) is 92.1. The van der Waals surface area contributed by atoms with Crippen molar-refractivity contribution < 1.29 is 71.4 Å². The topological polar surface area (TPSA) is 421 Å². The van der Waals surface area contributed by atoms with E-state index in [-0.39, 0.29) is 163 Å². The lowest BCUT2D eigenvalue weighted by Gasteiger charge is -2.32. The van der Waals surface area contributed by atoms with Crippen LogP contribution >= 0.6 is 75.3 Å². The number of aliphatic hydroxyl groups excluding tert-OH is 2. The number of aryl methyl sites for hydroxylation is 1. The fourth-order valence-electron chi connectivity index (χ4n) is 13.6. The Morgan fingerprint density at radius 3 is 1.28 bits per heavy atom. The summed E-state index contributed by atoms with van der Waals surface area (Å²) in [4.78, 5) is 54.6. The van der Waals surface area contributed by atoms with Crippen LogP contribution in [0.3, 0.4) is 0 Å². The van der Waals surface area contributed by atoms with E-state index in [1.807, 2.05) is 161 Å². The highest BCUT2D eigenvalue weighted by molar-refractivity contribution is 9.11. The first-order valence-electron chi connectivity index (χ1n) is 48.0. The van der Waals surface area contributed by atoms with Crippen LogP contribution in [-0.2, 0) is 96.2 Å². The number of aliphatic imine (C=N–C) groups is 2. The number of carbonyl (C=O) groups excluding carboxylic acids is 2. The van der Waals surface area contributed by atoms with Gasteiger partial charge in [0, 0.05) is 79.0 Å². The first-order chi connectivity index (χ1) is 65.9. The molecule has 0 spiro atoms. The molecule has 1 aliphatic rings. The van der Waals surface area contributed by atoms with Crippen molar-refractivity contribution in [3.05, 3.63) is 229 Å². The van der Waals surface area contributed by atoms with Crippen LogP contribution in [0.2, 0.25) is 5.02 Å². The average molecular weight is 2340 g/mol. The highest BCUT2D eigenvalue weighted by Gasteiger charge is 2.51. The van der Waals surface area contributed by atoms with Crippen LogP contribution in [0.4, 0.5) is 4.39 Å². The Balaban J connectivity index is -0.000000420. The Morgan fingerprint density at radius 1 is 0.531 bits per heavy atom. The molecule has 8 aromatic rings. The largest absolute Gasteiger partial charge is 0.485 e. The van der Waals surface area contributed by atoms with Gasteiger partial charge in [-0.1, -0.05) is 268 Å². The molecule has 9 rings (SSSR count). The minimum atomic E-state index is -0.543. The third kappa shape index (κ3) is 64.7. The second-order valence-corrected chi connectivity index (χ2v) is 40.7. The zero-order valence-electron chi connectivity index (χ0n) is 85.0. The fourth-order valence-corrected chi connectivity index (χ4v) is 14.9. The lowest BCUT2D eigenvalue weighted by molar-refractivity contribution is -0.156. The lowest BCUT2D eigenvalue weighted by atomic mass is 9.90. The fraction of sp³-hybridized carbons (Fsp3) is 0.589. The molecule has 1 fully saturated rings. The Morgan fingerprint density at radius 2 is 0.898 bits per heavy atom. The van der Waals surface area contributed by atoms with Crippen molar-refractivity contribution in [1.82, 2.24) is 14.5 Å². The molecule has 7 atom stereocenters. The molecule has 6 aromatic carbocycles. The first-order valence-corrected chi connectivity index (χ1v) is 51.6. The third-order valence-electron chi connectivity index (χ3n) is 21.7. The van der Waals surface area contributed by atoms with Crippen LogP contribution in [0, 0.1) is 5.82 Å². The highest BCUT2D eigenvalue weighted by atomic mass is 79.9. The van der Waals surface area contributed by atoms with E-state index in [1.165, 1.54) is 16.6 Å². The van der Waals surface area contributed by atoms with Gasteiger partial charge in [-0.15, -0.1) is 0 Å². The standard InChI is InChI=1S/C30H38ClFN10O2.C18H35BO5.C18H27BrO3.C13H19BrO.C12H16BrN3O.C12H17BrO2.CH4O.8CH4/c1-17(33)3-2-4-19-11-23(26(32)24(31)12-19)25-13-20-15-42(30(43)41-27(20)40-25)21-7-5-18(6-8-21)16-44-22(14-39-29(36)37)9-10-38-28(34)35;1-9-10-14(11-12-15(20)22-16(2,3)4)21-13-19-23-17(5,6)18(7,8)24-19;1-5-6-16(11-12-17(20)22-18(2,3)4)21-13-14-7-9-15(19)10-8-14;1-3-5-13(4-2)15-10-11-6-8-12(14)9-7-11;1-2-12(7-8-15-16-14)17-9-10-3-5-11(13)6-4-10;1-2-3-12(8-14)15-9-10-4-6-11(13)7-5-10;1-2;;;;;;;;/h5-8,11-13,15,17,22H,2-4,9-10,14,16,33H2,1H3,(H4,34,35,38)(H4,36,37,39)(H,40,41,43);14H,9-13H2,1-8H3;7-10,16H,5-6,11-13H2,1-4H3;6-9,13H,3-5,10H2,1-2H3;3-6,12H,2,7-9H2,1H3;4-7,12,14H,2-3,8-9H2,1H3;2H,1H3;8*1H4/t17-,22+;14-;16-;13-;2*12-;;;;;;;;;/m011001........./s1.